The van der Waals surface area contributed by atoms with Crippen LogP contribution in [-0.4, -0.2) is 18.5 Å². The number of nitrogens with one attached hydrogen (secondary N) is 1. The summed E-state index contributed by atoms with van der Waals surface area (Å²) in [4.78, 5) is 22.7. The van der Waals surface area contributed by atoms with E-state index in [1.165, 1.54) is 0 Å². The van der Waals surface area contributed by atoms with Crippen LogP contribution in [0, 0.1) is 0 Å². The summed E-state index contributed by atoms with van der Waals surface area (Å²) in [5.74, 6) is -0.473. The topological polar surface area (TPSA) is 55.4 Å². The monoisotopic (exact) mass is 249 g/mol. The lowest BCUT2D eigenvalue weighted by atomic mass is 10.1. The number of ether oxygens (including phenoxy) is 1. The van der Waals surface area contributed by atoms with Gasteiger partial charge in [-0.05, 0) is 19.4 Å². The fourth-order valence-electron chi connectivity index (χ4n) is 1.59. The summed E-state index contributed by atoms with van der Waals surface area (Å²) in [6.07, 6.45) is 0.289. The third-order valence-electron chi connectivity index (χ3n) is 2.54. The molecule has 0 aliphatic heterocycles. The number of carbonyl (C=O) groups is 2. The summed E-state index contributed by atoms with van der Waals surface area (Å²) in [5, 5.41) is 2.85. The molecule has 98 valence electrons. The van der Waals surface area contributed by atoms with Crippen molar-refractivity contribution in [1.29, 1.82) is 0 Å². The Balaban J connectivity index is 2.34. The van der Waals surface area contributed by atoms with E-state index in [2.05, 4.69) is 5.32 Å². The molecule has 0 aliphatic carbocycles. The zero-order valence-corrected chi connectivity index (χ0v) is 10.8. The van der Waals surface area contributed by atoms with Crippen molar-refractivity contribution in [2.45, 2.75) is 32.7 Å². The number of rotatable bonds is 6. The number of hydrogen-bond acceptors (Lipinski definition) is 3. The third-order valence-corrected chi connectivity index (χ3v) is 2.54. The van der Waals surface area contributed by atoms with E-state index in [4.69, 9.17) is 4.74 Å². The van der Waals surface area contributed by atoms with E-state index in [0.717, 1.165) is 5.56 Å². The van der Waals surface area contributed by atoms with Gasteiger partial charge < -0.3 is 10.1 Å². The van der Waals surface area contributed by atoms with Gasteiger partial charge in [-0.15, -0.1) is 0 Å². The number of hydrogen-bond donors (Lipinski definition) is 1. The van der Waals surface area contributed by atoms with Gasteiger partial charge in [0.2, 0.25) is 5.91 Å². The van der Waals surface area contributed by atoms with E-state index in [1.54, 1.807) is 6.92 Å². The van der Waals surface area contributed by atoms with Crippen molar-refractivity contribution >= 4 is 11.9 Å². The maximum atomic E-state index is 11.6. The first-order valence-corrected chi connectivity index (χ1v) is 6.13. The standard InChI is InChI=1S/C14H19NO3/c1-3-18-14(17)10-9-13(16)15-11(2)12-7-5-4-6-8-12/h4-8,11H,3,9-10H2,1-2H3,(H,15,16). The first-order valence-electron chi connectivity index (χ1n) is 6.13. The molecule has 0 spiro atoms. The molecular formula is C14H19NO3. The van der Waals surface area contributed by atoms with Crippen LogP contribution in [-0.2, 0) is 14.3 Å². The lowest BCUT2D eigenvalue weighted by Crippen LogP contribution is -2.27. The van der Waals surface area contributed by atoms with Crippen molar-refractivity contribution in [2.24, 2.45) is 0 Å². The molecule has 1 unspecified atom stereocenters. The molecule has 1 N–H and O–H groups in total. The van der Waals surface area contributed by atoms with E-state index in [0.29, 0.717) is 6.61 Å². The second-order valence-corrected chi connectivity index (χ2v) is 4.00. The second kappa shape index (κ2) is 7.48. The highest BCUT2D eigenvalue weighted by molar-refractivity contribution is 5.81. The van der Waals surface area contributed by atoms with Gasteiger partial charge in [0.15, 0.2) is 0 Å². The molecule has 4 nitrogen and oxygen atoms in total. The summed E-state index contributed by atoms with van der Waals surface area (Å²) in [7, 11) is 0. The van der Waals surface area contributed by atoms with Crippen molar-refractivity contribution in [3.63, 3.8) is 0 Å². The molecule has 0 aromatic heterocycles. The molecule has 0 saturated carbocycles. The van der Waals surface area contributed by atoms with Crippen molar-refractivity contribution in [1.82, 2.24) is 5.32 Å². The fraction of sp³-hybridized carbons (Fsp3) is 0.429. The van der Waals surface area contributed by atoms with Gasteiger partial charge in [-0.2, -0.15) is 0 Å². The van der Waals surface area contributed by atoms with E-state index in [-0.39, 0.29) is 30.8 Å². The molecule has 0 saturated heterocycles. The summed E-state index contributed by atoms with van der Waals surface area (Å²) < 4.78 is 4.76. The van der Waals surface area contributed by atoms with Gasteiger partial charge in [0.25, 0.3) is 0 Å². The average molecular weight is 249 g/mol. The molecule has 18 heavy (non-hydrogen) atoms. The molecule has 0 bridgehead atoms. The third kappa shape index (κ3) is 4.99. The van der Waals surface area contributed by atoms with Crippen LogP contribution in [0.1, 0.15) is 38.3 Å². The SMILES string of the molecule is CCOC(=O)CCC(=O)NC(C)c1ccccc1. The van der Waals surface area contributed by atoms with E-state index < -0.39 is 0 Å². The molecule has 1 rings (SSSR count). The number of amides is 1. The van der Waals surface area contributed by atoms with Gasteiger partial charge in [-0.3, -0.25) is 9.59 Å². The minimum atomic E-state index is -0.333. The van der Waals surface area contributed by atoms with E-state index in [9.17, 15) is 9.59 Å². The zero-order chi connectivity index (χ0) is 13.4. The quantitative estimate of drug-likeness (QED) is 0.786. The molecule has 0 heterocycles. The Hall–Kier alpha value is -1.84. The van der Waals surface area contributed by atoms with Gasteiger partial charge >= 0.3 is 5.97 Å². The van der Waals surface area contributed by atoms with Gasteiger partial charge in [-0.1, -0.05) is 30.3 Å². The minimum absolute atomic E-state index is 0.0547. The molecule has 4 heteroatoms. The molecule has 0 aliphatic rings. The normalized spacial score (nSPS) is 11.7. The number of carbonyl (C=O) groups excluding carboxylic acids is 2. The first kappa shape index (κ1) is 14.2. The van der Waals surface area contributed by atoms with Crippen molar-refractivity contribution < 1.29 is 14.3 Å². The van der Waals surface area contributed by atoms with Crippen LogP contribution in [0.15, 0.2) is 30.3 Å². The van der Waals surface area contributed by atoms with Crippen LogP contribution in [0.5, 0.6) is 0 Å². The summed E-state index contributed by atoms with van der Waals surface area (Å²) in [6.45, 7) is 4.01. The summed E-state index contributed by atoms with van der Waals surface area (Å²) in [6, 6.07) is 9.64. The molecule has 1 aromatic rings. The van der Waals surface area contributed by atoms with Crippen molar-refractivity contribution in [3.8, 4) is 0 Å². The highest BCUT2D eigenvalue weighted by Crippen LogP contribution is 2.11. The van der Waals surface area contributed by atoms with Crippen molar-refractivity contribution in [3.05, 3.63) is 35.9 Å². The smallest absolute Gasteiger partial charge is 0.306 e. The fourth-order valence-corrected chi connectivity index (χ4v) is 1.59. The minimum Gasteiger partial charge on any atom is -0.466 e. The van der Waals surface area contributed by atoms with Crippen LogP contribution >= 0.6 is 0 Å². The van der Waals surface area contributed by atoms with Crippen LogP contribution in [0.25, 0.3) is 0 Å². The van der Waals surface area contributed by atoms with Crippen molar-refractivity contribution in [2.75, 3.05) is 6.61 Å². The second-order valence-electron chi connectivity index (χ2n) is 4.00. The molecule has 0 radical (unpaired) electrons. The zero-order valence-electron chi connectivity index (χ0n) is 10.8. The number of esters is 1. The lowest BCUT2D eigenvalue weighted by Gasteiger charge is -2.13. The molecule has 1 aromatic carbocycles. The Morgan fingerprint density at radius 3 is 2.50 bits per heavy atom. The highest BCUT2D eigenvalue weighted by Gasteiger charge is 2.11. The van der Waals surface area contributed by atoms with Crippen LogP contribution in [0.2, 0.25) is 0 Å². The van der Waals surface area contributed by atoms with Crippen LogP contribution in [0.4, 0.5) is 0 Å². The Morgan fingerprint density at radius 1 is 1.22 bits per heavy atom. The summed E-state index contributed by atoms with van der Waals surface area (Å²) in [5.41, 5.74) is 1.04. The predicted molar refractivity (Wildman–Crippen MR) is 68.9 cm³/mol. The van der Waals surface area contributed by atoms with Gasteiger partial charge in [0, 0.05) is 6.42 Å². The predicted octanol–water partition coefficient (Wildman–Crippen LogP) is 2.21. The highest BCUT2D eigenvalue weighted by atomic mass is 16.5. The van der Waals surface area contributed by atoms with E-state index >= 15 is 0 Å². The largest absolute Gasteiger partial charge is 0.466 e. The van der Waals surface area contributed by atoms with Gasteiger partial charge in [0.1, 0.15) is 0 Å². The molecule has 1 amide bonds. The Kier molecular flexibility index (Phi) is 5.91. The van der Waals surface area contributed by atoms with Crippen LogP contribution < -0.4 is 5.32 Å². The Labute approximate surface area is 107 Å². The van der Waals surface area contributed by atoms with Crippen LogP contribution in [0.3, 0.4) is 0 Å². The maximum absolute atomic E-state index is 11.6. The first-order chi connectivity index (χ1) is 8.63. The average Bonchev–Trinajstić information content (AvgIpc) is 2.38. The molecule has 1 atom stereocenters. The Morgan fingerprint density at radius 2 is 1.89 bits per heavy atom. The molecular weight excluding hydrogens is 230 g/mol. The summed E-state index contributed by atoms with van der Waals surface area (Å²) >= 11 is 0. The molecule has 0 fully saturated rings. The van der Waals surface area contributed by atoms with Gasteiger partial charge in [0.05, 0.1) is 19.1 Å². The number of benzene rings is 1. The lowest BCUT2D eigenvalue weighted by molar-refractivity contribution is -0.144. The van der Waals surface area contributed by atoms with Gasteiger partial charge in [-0.25, -0.2) is 0 Å². The van der Waals surface area contributed by atoms with E-state index in [1.807, 2.05) is 37.3 Å². The maximum Gasteiger partial charge on any atom is 0.306 e. The Bertz CT molecular complexity index is 389.